The first-order chi connectivity index (χ1) is 8.97. The molecular formula is C11H7N5O2S. The maximum atomic E-state index is 11.5. The van der Waals surface area contributed by atoms with Gasteiger partial charge in [-0.25, -0.2) is 18.2 Å². The lowest BCUT2D eigenvalue weighted by molar-refractivity contribution is 0.587. The van der Waals surface area contributed by atoms with Crippen LogP contribution in [0.5, 0.6) is 0 Å². The third kappa shape index (κ3) is 2.31. The summed E-state index contributed by atoms with van der Waals surface area (Å²) in [5.41, 5.74) is 0.529. The normalized spacial score (nSPS) is 10.7. The number of nitrogens with two attached hydrogens (primary N) is 1. The Hall–Kier alpha value is -2.68. The molecule has 1 aromatic heterocycles. The Morgan fingerprint density at radius 1 is 1.26 bits per heavy atom. The van der Waals surface area contributed by atoms with Crippen LogP contribution in [0.3, 0.4) is 0 Å². The highest BCUT2D eigenvalue weighted by molar-refractivity contribution is 7.89. The average molecular weight is 273 g/mol. The van der Waals surface area contributed by atoms with Crippen molar-refractivity contribution in [3.8, 4) is 17.8 Å². The summed E-state index contributed by atoms with van der Waals surface area (Å²) in [6, 6.07) is 9.79. The SMILES string of the molecule is N#Cc1cccc(-n2ncc(C#N)c2S(N)(=O)=O)c1. The van der Waals surface area contributed by atoms with Crippen molar-refractivity contribution in [1.82, 2.24) is 9.78 Å². The molecule has 2 aromatic rings. The van der Waals surface area contributed by atoms with Crippen LogP contribution in [-0.4, -0.2) is 18.2 Å². The molecule has 0 saturated carbocycles. The van der Waals surface area contributed by atoms with Gasteiger partial charge in [0.15, 0.2) is 5.03 Å². The summed E-state index contributed by atoms with van der Waals surface area (Å²) >= 11 is 0. The Morgan fingerprint density at radius 2 is 2.00 bits per heavy atom. The molecule has 1 aromatic carbocycles. The van der Waals surface area contributed by atoms with E-state index in [2.05, 4.69) is 5.10 Å². The standard InChI is InChI=1S/C11H7N5O2S/c12-5-8-2-1-3-10(4-8)16-11(19(14,17)18)9(6-13)7-15-16/h1-4,7H,(H2,14,17,18). The van der Waals surface area contributed by atoms with Crippen LogP contribution >= 0.6 is 0 Å². The number of hydrogen-bond donors (Lipinski definition) is 1. The van der Waals surface area contributed by atoms with E-state index in [0.717, 1.165) is 10.9 Å². The zero-order valence-corrected chi connectivity index (χ0v) is 10.3. The number of aromatic nitrogens is 2. The Morgan fingerprint density at radius 3 is 2.58 bits per heavy atom. The van der Waals surface area contributed by atoms with Crippen LogP contribution in [0, 0.1) is 22.7 Å². The average Bonchev–Trinajstić information content (AvgIpc) is 2.82. The number of sulfonamides is 1. The predicted octanol–water partition coefficient (Wildman–Crippen LogP) is 0.263. The van der Waals surface area contributed by atoms with E-state index in [4.69, 9.17) is 15.7 Å². The molecule has 1 heterocycles. The maximum absolute atomic E-state index is 11.5. The molecule has 0 radical (unpaired) electrons. The summed E-state index contributed by atoms with van der Waals surface area (Å²) in [4.78, 5) is 0. The quantitative estimate of drug-likeness (QED) is 0.840. The van der Waals surface area contributed by atoms with E-state index < -0.39 is 15.0 Å². The van der Waals surface area contributed by atoms with Crippen molar-refractivity contribution >= 4 is 10.0 Å². The third-order valence-electron chi connectivity index (χ3n) is 2.33. The summed E-state index contributed by atoms with van der Waals surface area (Å²) in [5, 5.41) is 26.2. The molecule has 19 heavy (non-hydrogen) atoms. The van der Waals surface area contributed by atoms with Crippen molar-refractivity contribution in [2.24, 2.45) is 5.14 Å². The van der Waals surface area contributed by atoms with Crippen LogP contribution in [0.2, 0.25) is 0 Å². The monoisotopic (exact) mass is 273 g/mol. The summed E-state index contributed by atoms with van der Waals surface area (Å²) in [6.45, 7) is 0. The molecule has 0 fully saturated rings. The molecule has 94 valence electrons. The molecule has 2 rings (SSSR count). The fourth-order valence-corrected chi connectivity index (χ4v) is 2.38. The van der Waals surface area contributed by atoms with Gasteiger partial charge in [-0.2, -0.15) is 15.6 Å². The lowest BCUT2D eigenvalue weighted by atomic mass is 10.2. The van der Waals surface area contributed by atoms with Gasteiger partial charge in [0.25, 0.3) is 10.0 Å². The number of primary sulfonamides is 1. The molecule has 2 N–H and O–H groups in total. The smallest absolute Gasteiger partial charge is 0.223 e. The second-order valence-corrected chi connectivity index (χ2v) is 5.07. The van der Waals surface area contributed by atoms with Gasteiger partial charge in [-0.1, -0.05) is 6.07 Å². The second-order valence-electron chi connectivity index (χ2n) is 3.59. The topological polar surface area (TPSA) is 126 Å². The van der Waals surface area contributed by atoms with Gasteiger partial charge < -0.3 is 0 Å². The molecule has 0 unspecified atom stereocenters. The minimum absolute atomic E-state index is 0.148. The highest BCUT2D eigenvalue weighted by atomic mass is 32.2. The minimum atomic E-state index is -4.11. The van der Waals surface area contributed by atoms with Gasteiger partial charge in [0.2, 0.25) is 0 Å². The molecule has 0 amide bonds. The Bertz CT molecular complexity index is 824. The first-order valence-electron chi connectivity index (χ1n) is 4.99. The van der Waals surface area contributed by atoms with Gasteiger partial charge in [0.05, 0.1) is 23.5 Å². The molecular weight excluding hydrogens is 266 g/mol. The lowest BCUT2D eigenvalue weighted by Gasteiger charge is -2.06. The summed E-state index contributed by atoms with van der Waals surface area (Å²) in [6.07, 6.45) is 1.11. The largest absolute Gasteiger partial charge is 0.257 e. The molecule has 0 aliphatic heterocycles. The van der Waals surface area contributed by atoms with Crippen LogP contribution in [0.4, 0.5) is 0 Å². The summed E-state index contributed by atoms with van der Waals surface area (Å²) in [5.74, 6) is 0. The molecule has 8 heteroatoms. The van der Waals surface area contributed by atoms with Crippen LogP contribution in [-0.2, 0) is 10.0 Å². The molecule has 0 bridgehead atoms. The summed E-state index contributed by atoms with van der Waals surface area (Å²) in [7, 11) is -4.11. The first-order valence-corrected chi connectivity index (χ1v) is 6.53. The van der Waals surface area contributed by atoms with Crippen molar-refractivity contribution in [3.05, 3.63) is 41.6 Å². The lowest BCUT2D eigenvalue weighted by Crippen LogP contribution is -2.18. The van der Waals surface area contributed by atoms with E-state index in [1.807, 2.05) is 6.07 Å². The summed E-state index contributed by atoms with van der Waals surface area (Å²) < 4.78 is 24.1. The van der Waals surface area contributed by atoms with E-state index in [-0.39, 0.29) is 5.56 Å². The molecule has 0 aliphatic rings. The zero-order valence-electron chi connectivity index (χ0n) is 9.48. The van der Waals surface area contributed by atoms with E-state index in [1.54, 1.807) is 24.3 Å². The minimum Gasteiger partial charge on any atom is -0.223 e. The molecule has 0 spiro atoms. The van der Waals surface area contributed by atoms with E-state index >= 15 is 0 Å². The van der Waals surface area contributed by atoms with Crippen molar-refractivity contribution < 1.29 is 8.42 Å². The van der Waals surface area contributed by atoms with Gasteiger partial charge in [-0.15, -0.1) is 0 Å². The van der Waals surface area contributed by atoms with Gasteiger partial charge in [-0.05, 0) is 18.2 Å². The highest BCUT2D eigenvalue weighted by Gasteiger charge is 2.22. The van der Waals surface area contributed by atoms with E-state index in [0.29, 0.717) is 11.3 Å². The number of benzene rings is 1. The van der Waals surface area contributed by atoms with Gasteiger partial charge in [0, 0.05) is 0 Å². The Balaban J connectivity index is 2.75. The van der Waals surface area contributed by atoms with Crippen molar-refractivity contribution in [3.63, 3.8) is 0 Å². The highest BCUT2D eigenvalue weighted by Crippen LogP contribution is 2.18. The third-order valence-corrected chi connectivity index (χ3v) is 3.27. The number of nitrogens with zero attached hydrogens (tertiary/aromatic N) is 4. The number of rotatable bonds is 2. The Labute approximate surface area is 109 Å². The molecule has 0 aliphatic carbocycles. The van der Waals surface area contributed by atoms with Gasteiger partial charge in [-0.3, -0.25) is 0 Å². The van der Waals surface area contributed by atoms with E-state index in [9.17, 15) is 8.42 Å². The van der Waals surface area contributed by atoms with Crippen LogP contribution in [0.25, 0.3) is 5.69 Å². The first kappa shape index (κ1) is 12.8. The predicted molar refractivity (Wildman–Crippen MR) is 64.4 cm³/mol. The number of hydrogen-bond acceptors (Lipinski definition) is 5. The molecule has 7 nitrogen and oxygen atoms in total. The molecule has 0 saturated heterocycles. The second kappa shape index (κ2) is 4.53. The van der Waals surface area contributed by atoms with Crippen LogP contribution in [0.15, 0.2) is 35.5 Å². The Kier molecular flexibility index (Phi) is 3.05. The molecule has 0 atom stereocenters. The fraction of sp³-hybridized carbons (Fsp3) is 0. The van der Waals surface area contributed by atoms with Crippen molar-refractivity contribution in [1.29, 1.82) is 10.5 Å². The fourth-order valence-electron chi connectivity index (χ4n) is 1.58. The number of nitriles is 2. The van der Waals surface area contributed by atoms with Gasteiger partial charge in [0.1, 0.15) is 11.6 Å². The zero-order chi connectivity index (χ0) is 14.0. The van der Waals surface area contributed by atoms with Crippen LogP contribution in [0.1, 0.15) is 11.1 Å². The van der Waals surface area contributed by atoms with E-state index in [1.165, 1.54) is 6.07 Å². The van der Waals surface area contributed by atoms with Gasteiger partial charge >= 0.3 is 0 Å². The van der Waals surface area contributed by atoms with Crippen molar-refractivity contribution in [2.75, 3.05) is 0 Å². The maximum Gasteiger partial charge on any atom is 0.257 e. The van der Waals surface area contributed by atoms with Crippen molar-refractivity contribution in [2.45, 2.75) is 5.03 Å². The van der Waals surface area contributed by atoms with Crippen LogP contribution < -0.4 is 5.14 Å².